The zero-order valence-electron chi connectivity index (χ0n) is 10.5. The van der Waals surface area contributed by atoms with Crippen molar-refractivity contribution in [3.8, 4) is 0 Å². The highest BCUT2D eigenvalue weighted by molar-refractivity contribution is 6.34. The first-order valence-corrected chi connectivity index (χ1v) is 6.34. The maximum atomic E-state index is 11.4. The van der Waals surface area contributed by atoms with Gasteiger partial charge in [0.25, 0.3) is 0 Å². The maximum Gasteiger partial charge on any atom is 0.221 e. The van der Waals surface area contributed by atoms with Crippen molar-refractivity contribution in [1.82, 2.24) is 10.6 Å². The van der Waals surface area contributed by atoms with Crippen molar-refractivity contribution >= 4 is 41.5 Å². The minimum absolute atomic E-state index is 0. The van der Waals surface area contributed by atoms with Crippen LogP contribution in [-0.4, -0.2) is 31.2 Å². The van der Waals surface area contributed by atoms with Gasteiger partial charge in [-0.1, -0.05) is 23.2 Å². The van der Waals surface area contributed by atoms with Crippen LogP contribution in [-0.2, 0) is 4.79 Å². The first kappa shape index (κ1) is 18.5. The first-order chi connectivity index (χ1) is 8.52. The van der Waals surface area contributed by atoms with E-state index in [1.54, 1.807) is 25.2 Å². The van der Waals surface area contributed by atoms with Crippen LogP contribution < -0.4 is 10.6 Å². The molecule has 19 heavy (non-hydrogen) atoms. The molecule has 7 heteroatoms. The van der Waals surface area contributed by atoms with Crippen LogP contribution >= 0.6 is 35.6 Å². The molecule has 3 N–H and O–H groups in total. The van der Waals surface area contributed by atoms with Gasteiger partial charge < -0.3 is 15.7 Å². The van der Waals surface area contributed by atoms with Crippen molar-refractivity contribution in [2.45, 2.75) is 12.5 Å². The fourth-order valence-electron chi connectivity index (χ4n) is 1.42. The maximum absolute atomic E-state index is 11.4. The molecule has 1 rings (SSSR count). The number of aliphatic hydroxyl groups is 1. The molecule has 0 saturated carbocycles. The van der Waals surface area contributed by atoms with Crippen LogP contribution in [0.15, 0.2) is 18.2 Å². The van der Waals surface area contributed by atoms with Gasteiger partial charge in [-0.05, 0) is 30.8 Å². The number of benzene rings is 1. The van der Waals surface area contributed by atoms with E-state index in [0.717, 1.165) is 0 Å². The number of aliphatic hydroxyl groups excluding tert-OH is 1. The summed E-state index contributed by atoms with van der Waals surface area (Å²) in [5.74, 6) is -0.114. The van der Waals surface area contributed by atoms with Crippen LogP contribution in [0.25, 0.3) is 0 Å². The molecule has 0 bridgehead atoms. The molecule has 0 heterocycles. The quantitative estimate of drug-likeness (QED) is 0.750. The van der Waals surface area contributed by atoms with Gasteiger partial charge in [0.1, 0.15) is 0 Å². The topological polar surface area (TPSA) is 61.4 Å². The van der Waals surface area contributed by atoms with E-state index in [0.29, 0.717) is 28.6 Å². The van der Waals surface area contributed by atoms with Crippen molar-refractivity contribution in [2.75, 3.05) is 20.1 Å². The minimum atomic E-state index is -0.820. The molecule has 0 radical (unpaired) electrons. The number of amides is 1. The molecule has 0 spiro atoms. The molecule has 0 aliphatic rings. The highest BCUT2D eigenvalue weighted by Crippen LogP contribution is 2.23. The number of hydrogen-bond acceptors (Lipinski definition) is 3. The molecule has 1 aromatic rings. The summed E-state index contributed by atoms with van der Waals surface area (Å²) in [6.45, 7) is 0.740. The van der Waals surface area contributed by atoms with Gasteiger partial charge in [0.05, 0.1) is 6.10 Å². The van der Waals surface area contributed by atoms with Crippen LogP contribution in [0, 0.1) is 0 Å². The summed E-state index contributed by atoms with van der Waals surface area (Å²) < 4.78 is 0. The summed E-state index contributed by atoms with van der Waals surface area (Å²) in [6, 6.07) is 4.83. The van der Waals surface area contributed by atoms with Crippen molar-refractivity contribution in [1.29, 1.82) is 0 Å². The minimum Gasteiger partial charge on any atom is -0.387 e. The van der Waals surface area contributed by atoms with Gasteiger partial charge in [0, 0.05) is 29.6 Å². The Morgan fingerprint density at radius 2 is 1.89 bits per heavy atom. The van der Waals surface area contributed by atoms with E-state index in [1.807, 2.05) is 0 Å². The van der Waals surface area contributed by atoms with E-state index in [1.165, 1.54) is 0 Å². The first-order valence-electron chi connectivity index (χ1n) is 5.58. The number of rotatable bonds is 6. The Bertz CT molecular complexity index is 396. The number of hydrogen-bond donors (Lipinski definition) is 3. The van der Waals surface area contributed by atoms with Gasteiger partial charge in [-0.2, -0.15) is 0 Å². The van der Waals surface area contributed by atoms with Gasteiger partial charge in [0.15, 0.2) is 0 Å². The zero-order valence-corrected chi connectivity index (χ0v) is 12.8. The molecular weight excluding hydrogens is 311 g/mol. The third kappa shape index (κ3) is 6.99. The van der Waals surface area contributed by atoms with E-state index in [2.05, 4.69) is 10.6 Å². The Labute approximate surface area is 128 Å². The van der Waals surface area contributed by atoms with Gasteiger partial charge in [0.2, 0.25) is 5.91 Å². The van der Waals surface area contributed by atoms with Crippen LogP contribution in [0.5, 0.6) is 0 Å². The molecule has 1 unspecified atom stereocenters. The second-order valence-corrected chi connectivity index (χ2v) is 4.75. The monoisotopic (exact) mass is 326 g/mol. The van der Waals surface area contributed by atoms with Crippen molar-refractivity contribution < 1.29 is 9.90 Å². The van der Waals surface area contributed by atoms with Crippen molar-refractivity contribution in [3.05, 3.63) is 33.8 Å². The normalized spacial score (nSPS) is 11.6. The van der Waals surface area contributed by atoms with Crippen molar-refractivity contribution in [2.24, 2.45) is 0 Å². The number of carbonyl (C=O) groups is 1. The fraction of sp³-hybridized carbons (Fsp3) is 0.417. The number of carbonyl (C=O) groups excluding carboxylic acids is 1. The molecule has 0 aliphatic heterocycles. The summed E-state index contributed by atoms with van der Waals surface area (Å²) >= 11 is 11.7. The smallest absolute Gasteiger partial charge is 0.221 e. The molecular formula is C12H17Cl3N2O2. The molecule has 0 aliphatic carbocycles. The third-order valence-corrected chi connectivity index (χ3v) is 2.80. The summed E-state index contributed by atoms with van der Waals surface area (Å²) in [5, 5.41) is 16.3. The van der Waals surface area contributed by atoms with E-state index >= 15 is 0 Å². The van der Waals surface area contributed by atoms with Gasteiger partial charge in [-0.3, -0.25) is 4.79 Å². The second-order valence-electron chi connectivity index (χ2n) is 3.88. The van der Waals surface area contributed by atoms with Gasteiger partial charge in [-0.25, -0.2) is 0 Å². The Balaban J connectivity index is 0.00000324. The Kier molecular flexibility index (Phi) is 9.14. The highest BCUT2D eigenvalue weighted by Gasteiger charge is 2.10. The van der Waals surface area contributed by atoms with Gasteiger partial charge in [-0.15, -0.1) is 12.4 Å². The predicted octanol–water partition coefficient (Wildman–Crippen LogP) is 2.17. The van der Waals surface area contributed by atoms with Crippen LogP contribution in [0.2, 0.25) is 10.0 Å². The Hall–Kier alpha value is -0.520. The van der Waals surface area contributed by atoms with E-state index in [4.69, 9.17) is 23.2 Å². The second kappa shape index (κ2) is 9.39. The number of nitrogens with one attached hydrogen (secondary N) is 2. The molecule has 1 atom stereocenters. The lowest BCUT2D eigenvalue weighted by atomic mass is 10.1. The molecule has 0 aromatic heterocycles. The lowest BCUT2D eigenvalue weighted by Crippen LogP contribution is -2.30. The van der Waals surface area contributed by atoms with Crippen molar-refractivity contribution in [3.63, 3.8) is 0 Å². The zero-order chi connectivity index (χ0) is 13.5. The molecule has 0 saturated heterocycles. The van der Waals surface area contributed by atoms with Gasteiger partial charge >= 0.3 is 0 Å². The molecule has 108 valence electrons. The van der Waals surface area contributed by atoms with Crippen LogP contribution in [0.1, 0.15) is 18.1 Å². The lowest BCUT2D eigenvalue weighted by molar-refractivity contribution is -0.121. The van der Waals surface area contributed by atoms with E-state index in [9.17, 15) is 9.90 Å². The Morgan fingerprint density at radius 1 is 1.32 bits per heavy atom. The number of halogens is 3. The van der Waals surface area contributed by atoms with E-state index in [-0.39, 0.29) is 24.9 Å². The largest absolute Gasteiger partial charge is 0.387 e. The summed E-state index contributed by atoms with van der Waals surface area (Å²) in [6.07, 6.45) is -0.445. The highest BCUT2D eigenvalue weighted by atomic mass is 35.5. The van der Waals surface area contributed by atoms with Crippen LogP contribution in [0.3, 0.4) is 0 Å². The fourth-order valence-corrected chi connectivity index (χ4v) is 1.97. The molecule has 4 nitrogen and oxygen atoms in total. The molecule has 1 aromatic carbocycles. The average Bonchev–Trinajstić information content (AvgIpc) is 2.32. The third-order valence-electron chi connectivity index (χ3n) is 2.36. The SMILES string of the molecule is CNCCC(=O)NCC(O)c1cc(Cl)cc(Cl)c1.Cl. The summed E-state index contributed by atoms with van der Waals surface area (Å²) in [5.41, 5.74) is 0.585. The summed E-state index contributed by atoms with van der Waals surface area (Å²) in [4.78, 5) is 11.4. The standard InChI is InChI=1S/C12H16Cl2N2O2.ClH/c1-15-3-2-12(18)16-7-11(17)8-4-9(13)6-10(14)5-8;/h4-6,11,15,17H,2-3,7H2,1H3,(H,16,18);1H. The molecule has 0 fully saturated rings. The van der Waals surface area contributed by atoms with E-state index < -0.39 is 6.10 Å². The Morgan fingerprint density at radius 3 is 2.42 bits per heavy atom. The predicted molar refractivity (Wildman–Crippen MR) is 80.2 cm³/mol. The molecule has 1 amide bonds. The average molecular weight is 328 g/mol. The summed E-state index contributed by atoms with van der Waals surface area (Å²) in [7, 11) is 1.77. The van der Waals surface area contributed by atoms with Crippen LogP contribution in [0.4, 0.5) is 0 Å². The lowest BCUT2D eigenvalue weighted by Gasteiger charge is -2.13.